The van der Waals surface area contributed by atoms with Crippen LogP contribution < -0.4 is 15.5 Å². The van der Waals surface area contributed by atoms with E-state index in [2.05, 4.69) is 20.5 Å². The number of fused-ring (bicyclic) bond motifs is 1. The van der Waals surface area contributed by atoms with E-state index in [1.807, 2.05) is 30.3 Å². The van der Waals surface area contributed by atoms with Crippen LogP contribution in [0.3, 0.4) is 0 Å². The van der Waals surface area contributed by atoms with E-state index >= 15 is 0 Å². The van der Waals surface area contributed by atoms with Crippen LogP contribution in [0.25, 0.3) is 10.2 Å². The lowest BCUT2D eigenvalue weighted by molar-refractivity contribution is -0.193. The van der Waals surface area contributed by atoms with E-state index in [-0.39, 0.29) is 16.5 Å². The monoisotopic (exact) mass is 772 g/mol. The number of H-pyrrole nitrogens is 1. The molecule has 0 aliphatic heterocycles. The van der Waals surface area contributed by atoms with Crippen LogP contribution in [-0.2, 0) is 27.2 Å². The predicted molar refractivity (Wildman–Crippen MR) is 179 cm³/mol. The largest absolute Gasteiger partial charge is 0.506 e. The normalized spacial score (nSPS) is 13.6. The minimum atomic E-state index is -5.08. The number of nitrogens with zero attached hydrogens (tertiary/aromatic N) is 1. The smallest absolute Gasteiger partial charge is 0.490 e. The number of hydrogen-bond donors (Lipinski definition) is 6. The number of benzene rings is 2. The van der Waals surface area contributed by atoms with Gasteiger partial charge in [0.1, 0.15) is 11.3 Å². The highest BCUT2D eigenvalue weighted by atomic mass is 35.5. The fraction of sp³-hybridized carbons (Fsp3) is 0.500. The molecule has 1 fully saturated rings. The molecule has 11 nitrogen and oxygen atoms in total. The van der Waals surface area contributed by atoms with Gasteiger partial charge in [-0.3, -0.25) is 14.5 Å². The van der Waals surface area contributed by atoms with Crippen LogP contribution in [0.4, 0.5) is 26.3 Å². The molecule has 1 heterocycles. The van der Waals surface area contributed by atoms with E-state index in [0.29, 0.717) is 24.5 Å². The number of phenolic OH excluding ortho intramolecular Hbond substituents is 1. The number of nitrogens with one attached hydrogen (secondary N) is 3. The summed E-state index contributed by atoms with van der Waals surface area (Å²) in [5.74, 6) is -5.30. The van der Waals surface area contributed by atoms with Crippen LogP contribution in [0, 0.1) is 0 Å². The molecule has 1 aromatic heterocycles. The third-order valence-electron chi connectivity index (χ3n) is 7.64. The molecule has 1 saturated carbocycles. The van der Waals surface area contributed by atoms with Gasteiger partial charge in [-0.05, 0) is 61.6 Å². The van der Waals surface area contributed by atoms with Crippen molar-refractivity contribution < 1.29 is 56.0 Å². The number of hydrogen-bond acceptors (Lipinski definition) is 8. The SMILES string of the molecule is O=C(CCN(CCNCCc1ccc(O)c2[nH]c(=O)sc12)C1CCCCC1)NCCc1ccc(Cl)cc1.O=C(O)C(F)(F)F.O=C(O)C(F)(F)F. The molecule has 4 rings (SSSR count). The van der Waals surface area contributed by atoms with Gasteiger partial charge in [-0.1, -0.05) is 60.4 Å². The van der Waals surface area contributed by atoms with Crippen molar-refractivity contribution in [2.75, 3.05) is 32.7 Å². The Morgan fingerprint density at radius 1 is 0.863 bits per heavy atom. The number of aromatic nitrogens is 1. The number of carboxylic acids is 2. The summed E-state index contributed by atoms with van der Waals surface area (Å²) in [5.41, 5.74) is 2.75. The van der Waals surface area contributed by atoms with Crippen molar-refractivity contribution in [1.82, 2.24) is 20.5 Å². The summed E-state index contributed by atoms with van der Waals surface area (Å²) >= 11 is 7.09. The highest BCUT2D eigenvalue weighted by Gasteiger charge is 2.38. The molecule has 3 aromatic rings. The van der Waals surface area contributed by atoms with Gasteiger partial charge in [-0.2, -0.15) is 26.3 Å². The Hall–Kier alpha value is -3.87. The van der Waals surface area contributed by atoms with Gasteiger partial charge in [-0.15, -0.1) is 0 Å². The number of carbonyl (C=O) groups excluding carboxylic acids is 1. The van der Waals surface area contributed by atoms with Crippen LogP contribution in [0.1, 0.15) is 49.7 Å². The summed E-state index contributed by atoms with van der Waals surface area (Å²) in [4.78, 5) is 47.1. The maximum absolute atomic E-state index is 12.5. The maximum atomic E-state index is 12.5. The van der Waals surface area contributed by atoms with Crippen molar-refractivity contribution in [3.8, 4) is 5.75 Å². The summed E-state index contributed by atoms with van der Waals surface area (Å²) in [5, 5.41) is 31.6. The molecule has 19 heteroatoms. The molecular formula is C32H39ClF6N4O7S. The van der Waals surface area contributed by atoms with E-state index in [0.717, 1.165) is 65.6 Å². The number of carbonyl (C=O) groups is 3. The molecule has 0 spiro atoms. The van der Waals surface area contributed by atoms with Gasteiger partial charge >= 0.3 is 29.2 Å². The van der Waals surface area contributed by atoms with Crippen LogP contribution in [-0.4, -0.2) is 94.2 Å². The number of phenols is 1. The van der Waals surface area contributed by atoms with Gasteiger partial charge in [0.15, 0.2) is 0 Å². The lowest BCUT2D eigenvalue weighted by Crippen LogP contribution is -2.43. The van der Waals surface area contributed by atoms with Gasteiger partial charge in [0.25, 0.3) is 0 Å². The number of halogens is 7. The first-order chi connectivity index (χ1) is 23.9. The van der Waals surface area contributed by atoms with Gasteiger partial charge in [0.2, 0.25) is 5.91 Å². The Morgan fingerprint density at radius 3 is 2.02 bits per heavy atom. The molecular weight excluding hydrogens is 734 g/mol. The third kappa shape index (κ3) is 16.3. The average Bonchev–Trinajstić information content (AvgIpc) is 3.47. The number of aromatic amines is 1. The van der Waals surface area contributed by atoms with Crippen LogP contribution >= 0.6 is 22.9 Å². The number of rotatable bonds is 13. The summed E-state index contributed by atoms with van der Waals surface area (Å²) in [6.45, 7) is 3.95. The molecule has 51 heavy (non-hydrogen) atoms. The first-order valence-corrected chi connectivity index (χ1v) is 17.0. The Bertz CT molecular complexity index is 1590. The minimum absolute atomic E-state index is 0.101. The standard InChI is InChI=1S/C28H37ClN4O3S.2C2HF3O2/c29-22-9-6-20(7-10-22)12-16-31-25(35)14-18-33(23-4-2-1-3-5-23)19-17-30-15-13-21-8-11-24(34)26-27(21)37-28(36)32-26;2*3-2(4,5)1(6)7/h6-11,23,30,34H,1-5,12-19H2,(H,31,35)(H,32,36);2*(H,6,7). The molecule has 2 aromatic carbocycles. The molecule has 0 bridgehead atoms. The zero-order chi connectivity index (χ0) is 38.2. The van der Waals surface area contributed by atoms with Crippen LogP contribution in [0.15, 0.2) is 41.2 Å². The first-order valence-electron chi connectivity index (χ1n) is 15.8. The lowest BCUT2D eigenvalue weighted by atomic mass is 9.94. The van der Waals surface area contributed by atoms with Crippen LogP contribution in [0.5, 0.6) is 5.75 Å². The second-order valence-electron chi connectivity index (χ2n) is 11.4. The molecule has 1 amide bonds. The highest BCUT2D eigenvalue weighted by molar-refractivity contribution is 7.16. The fourth-order valence-electron chi connectivity index (χ4n) is 5.09. The van der Waals surface area contributed by atoms with Crippen molar-refractivity contribution >= 4 is 51.0 Å². The topological polar surface area (TPSA) is 172 Å². The number of amides is 1. The van der Waals surface area contributed by atoms with Gasteiger partial charge in [-0.25, -0.2) is 9.59 Å². The Kier molecular flexibility index (Phi) is 17.7. The number of carboxylic acid groups (broad SMARTS) is 2. The number of alkyl halides is 6. The number of aliphatic carboxylic acids is 2. The first kappa shape index (κ1) is 43.3. The Morgan fingerprint density at radius 2 is 1.45 bits per heavy atom. The summed E-state index contributed by atoms with van der Waals surface area (Å²) in [7, 11) is 0. The molecule has 6 N–H and O–H groups in total. The minimum Gasteiger partial charge on any atom is -0.506 e. The van der Waals surface area contributed by atoms with E-state index in [1.165, 1.54) is 37.7 Å². The summed E-state index contributed by atoms with van der Waals surface area (Å²) in [6, 6.07) is 11.8. The maximum Gasteiger partial charge on any atom is 0.490 e. The van der Waals surface area contributed by atoms with Gasteiger partial charge < -0.3 is 30.9 Å². The van der Waals surface area contributed by atoms with E-state index in [4.69, 9.17) is 31.4 Å². The fourth-order valence-corrected chi connectivity index (χ4v) is 6.12. The zero-order valence-corrected chi connectivity index (χ0v) is 28.8. The molecule has 0 saturated heterocycles. The zero-order valence-electron chi connectivity index (χ0n) is 27.2. The predicted octanol–water partition coefficient (Wildman–Crippen LogP) is 5.73. The van der Waals surface area contributed by atoms with E-state index < -0.39 is 24.3 Å². The summed E-state index contributed by atoms with van der Waals surface area (Å²) in [6.07, 6.45) is -1.84. The second kappa shape index (κ2) is 20.8. The molecule has 0 unspecified atom stereocenters. The molecule has 1 aliphatic rings. The second-order valence-corrected chi connectivity index (χ2v) is 12.8. The third-order valence-corrected chi connectivity index (χ3v) is 8.85. The van der Waals surface area contributed by atoms with Crippen molar-refractivity contribution in [1.29, 1.82) is 0 Å². The van der Waals surface area contributed by atoms with Gasteiger partial charge in [0.05, 0.1) is 4.70 Å². The van der Waals surface area contributed by atoms with Gasteiger partial charge in [0, 0.05) is 43.7 Å². The molecule has 0 radical (unpaired) electrons. The summed E-state index contributed by atoms with van der Waals surface area (Å²) < 4.78 is 64.3. The van der Waals surface area contributed by atoms with Crippen molar-refractivity contribution in [2.24, 2.45) is 0 Å². The average molecular weight is 773 g/mol. The number of aromatic hydroxyl groups is 1. The Balaban J connectivity index is 0.000000543. The molecule has 0 atom stereocenters. The van der Waals surface area contributed by atoms with E-state index in [1.54, 1.807) is 6.07 Å². The van der Waals surface area contributed by atoms with Crippen molar-refractivity contribution in [2.45, 2.75) is 69.8 Å². The van der Waals surface area contributed by atoms with Crippen molar-refractivity contribution in [3.63, 3.8) is 0 Å². The lowest BCUT2D eigenvalue weighted by Gasteiger charge is -2.34. The van der Waals surface area contributed by atoms with Crippen LogP contribution in [0.2, 0.25) is 5.02 Å². The molecule has 284 valence electrons. The quantitative estimate of drug-likeness (QED) is 0.0938. The van der Waals surface area contributed by atoms with E-state index in [9.17, 15) is 41.0 Å². The molecule has 1 aliphatic carbocycles. The van der Waals surface area contributed by atoms with Crippen molar-refractivity contribution in [3.05, 3.63) is 62.2 Å². The Labute approximate surface area is 297 Å². The number of thiazole rings is 1. The highest BCUT2D eigenvalue weighted by Crippen LogP contribution is 2.28.